The van der Waals surface area contributed by atoms with Crippen molar-refractivity contribution in [3.8, 4) is 0 Å². The van der Waals surface area contributed by atoms with Crippen molar-refractivity contribution in [2.45, 2.75) is 39.7 Å². The predicted molar refractivity (Wildman–Crippen MR) is 108 cm³/mol. The lowest BCUT2D eigenvalue weighted by atomic mass is 10.1. The minimum Gasteiger partial charge on any atom is -0.338 e. The molecule has 1 aromatic carbocycles. The van der Waals surface area contributed by atoms with Crippen molar-refractivity contribution in [3.63, 3.8) is 0 Å². The molecule has 0 radical (unpaired) electrons. The summed E-state index contributed by atoms with van der Waals surface area (Å²) in [6.45, 7) is 8.02. The van der Waals surface area contributed by atoms with Gasteiger partial charge in [0.25, 0.3) is 5.91 Å². The van der Waals surface area contributed by atoms with Crippen molar-refractivity contribution < 1.29 is 14.1 Å². The molecule has 2 aromatic rings. The van der Waals surface area contributed by atoms with Gasteiger partial charge in [-0.2, -0.15) is 4.98 Å². The third-order valence-electron chi connectivity index (χ3n) is 5.05. The van der Waals surface area contributed by atoms with Gasteiger partial charge < -0.3 is 19.6 Å². The van der Waals surface area contributed by atoms with E-state index >= 15 is 0 Å². The summed E-state index contributed by atoms with van der Waals surface area (Å²) < 4.78 is 5.39. The molecule has 0 saturated carbocycles. The molecule has 1 aliphatic rings. The molecule has 3 rings (SSSR count). The van der Waals surface area contributed by atoms with Gasteiger partial charge in [0.2, 0.25) is 5.89 Å². The summed E-state index contributed by atoms with van der Waals surface area (Å²) in [7, 11) is 0. The van der Waals surface area contributed by atoms with Crippen molar-refractivity contribution >= 4 is 11.9 Å². The third-order valence-corrected chi connectivity index (χ3v) is 5.05. The highest BCUT2D eigenvalue weighted by molar-refractivity contribution is 5.94. The Hall–Kier alpha value is -2.90. The average molecular weight is 399 g/mol. The maximum absolute atomic E-state index is 13.2. The lowest BCUT2D eigenvalue weighted by molar-refractivity contribution is 0.0651. The zero-order chi connectivity index (χ0) is 20.8. The second-order valence-corrected chi connectivity index (χ2v) is 7.75. The van der Waals surface area contributed by atoms with E-state index in [1.165, 1.54) is 0 Å². The van der Waals surface area contributed by atoms with E-state index in [-0.39, 0.29) is 18.0 Å². The number of aromatic nitrogens is 2. The number of carbonyl (C=O) groups is 2. The molecule has 1 unspecified atom stereocenters. The van der Waals surface area contributed by atoms with Gasteiger partial charge in [0.1, 0.15) is 6.04 Å². The summed E-state index contributed by atoms with van der Waals surface area (Å²) >= 11 is 0. The van der Waals surface area contributed by atoms with Gasteiger partial charge in [-0.25, -0.2) is 4.79 Å². The van der Waals surface area contributed by atoms with E-state index in [1.807, 2.05) is 18.2 Å². The number of amides is 3. The second-order valence-electron chi connectivity index (χ2n) is 7.75. The van der Waals surface area contributed by atoms with Crippen LogP contribution in [0, 0.1) is 12.8 Å². The van der Waals surface area contributed by atoms with Crippen LogP contribution in [0.5, 0.6) is 0 Å². The van der Waals surface area contributed by atoms with Crippen molar-refractivity contribution in [3.05, 3.63) is 47.6 Å². The number of nitrogens with zero attached hydrogens (tertiary/aromatic N) is 4. The Balaban J connectivity index is 1.76. The van der Waals surface area contributed by atoms with Gasteiger partial charge in [0, 0.05) is 31.7 Å². The molecule has 0 bridgehead atoms. The van der Waals surface area contributed by atoms with E-state index in [0.717, 1.165) is 6.42 Å². The summed E-state index contributed by atoms with van der Waals surface area (Å²) in [6.07, 6.45) is 1.47. The van der Waals surface area contributed by atoms with Gasteiger partial charge >= 0.3 is 6.03 Å². The number of hydrogen-bond donors (Lipinski definition) is 1. The number of rotatable bonds is 5. The van der Waals surface area contributed by atoms with Gasteiger partial charge in [0.05, 0.1) is 0 Å². The van der Waals surface area contributed by atoms with Crippen LogP contribution in [0.25, 0.3) is 0 Å². The molecule has 1 saturated heterocycles. The normalized spacial score (nSPS) is 17.3. The molecule has 0 spiro atoms. The Bertz CT molecular complexity index is 821. The zero-order valence-electron chi connectivity index (χ0n) is 17.3. The molecule has 0 aliphatic carbocycles. The van der Waals surface area contributed by atoms with Crippen LogP contribution in [0.1, 0.15) is 54.8 Å². The smallest absolute Gasteiger partial charge is 0.317 e. The number of hydrogen-bond acceptors (Lipinski definition) is 5. The second kappa shape index (κ2) is 9.54. The fourth-order valence-electron chi connectivity index (χ4n) is 3.41. The van der Waals surface area contributed by atoms with Gasteiger partial charge in [-0.1, -0.05) is 37.2 Å². The summed E-state index contributed by atoms with van der Waals surface area (Å²) in [6, 6.07) is 8.68. The van der Waals surface area contributed by atoms with E-state index in [1.54, 1.807) is 28.9 Å². The van der Waals surface area contributed by atoms with Crippen LogP contribution in [-0.4, -0.2) is 58.1 Å². The molecule has 29 heavy (non-hydrogen) atoms. The number of carbonyl (C=O) groups excluding carboxylic acids is 2. The summed E-state index contributed by atoms with van der Waals surface area (Å²) in [4.78, 5) is 33.6. The molecule has 1 N–H and O–H groups in total. The minimum absolute atomic E-state index is 0.0971. The molecule has 8 nitrogen and oxygen atoms in total. The molecular weight excluding hydrogens is 370 g/mol. The van der Waals surface area contributed by atoms with E-state index in [0.29, 0.717) is 55.8 Å². The highest BCUT2D eigenvalue weighted by atomic mass is 16.5. The Kier molecular flexibility index (Phi) is 6.85. The molecule has 1 fully saturated rings. The summed E-state index contributed by atoms with van der Waals surface area (Å²) in [5, 5.41) is 6.86. The van der Waals surface area contributed by atoms with Crippen LogP contribution < -0.4 is 5.32 Å². The van der Waals surface area contributed by atoms with Crippen molar-refractivity contribution in [2.24, 2.45) is 5.92 Å². The lowest BCUT2D eigenvalue weighted by Gasteiger charge is -2.27. The van der Waals surface area contributed by atoms with E-state index in [4.69, 9.17) is 4.52 Å². The van der Waals surface area contributed by atoms with Gasteiger partial charge in [0.15, 0.2) is 5.82 Å². The Morgan fingerprint density at radius 3 is 2.62 bits per heavy atom. The van der Waals surface area contributed by atoms with Crippen LogP contribution in [0.4, 0.5) is 4.79 Å². The number of nitrogens with one attached hydrogen (secondary N) is 1. The molecule has 2 heterocycles. The van der Waals surface area contributed by atoms with Crippen molar-refractivity contribution in [1.29, 1.82) is 0 Å². The monoisotopic (exact) mass is 399 g/mol. The summed E-state index contributed by atoms with van der Waals surface area (Å²) in [5.41, 5.74) is 0.601. The predicted octanol–water partition coefficient (Wildman–Crippen LogP) is 3.02. The van der Waals surface area contributed by atoms with Gasteiger partial charge in [-0.3, -0.25) is 4.79 Å². The quantitative estimate of drug-likeness (QED) is 0.834. The molecule has 8 heteroatoms. The fraction of sp³-hybridized carbons (Fsp3) is 0.524. The highest BCUT2D eigenvalue weighted by Crippen LogP contribution is 2.27. The molecule has 156 valence electrons. The molecule has 1 aliphatic heterocycles. The Morgan fingerprint density at radius 2 is 1.97 bits per heavy atom. The first-order valence-corrected chi connectivity index (χ1v) is 10.1. The van der Waals surface area contributed by atoms with E-state index < -0.39 is 0 Å². The molecule has 3 amide bonds. The first-order chi connectivity index (χ1) is 14.0. The maximum atomic E-state index is 13.2. The van der Waals surface area contributed by atoms with Crippen molar-refractivity contribution in [1.82, 2.24) is 25.3 Å². The van der Waals surface area contributed by atoms with Gasteiger partial charge in [-0.05, 0) is 37.8 Å². The van der Waals surface area contributed by atoms with E-state index in [9.17, 15) is 9.59 Å². The maximum Gasteiger partial charge on any atom is 0.317 e. The Morgan fingerprint density at radius 1 is 1.21 bits per heavy atom. The third kappa shape index (κ3) is 5.34. The van der Waals surface area contributed by atoms with Crippen LogP contribution in [-0.2, 0) is 0 Å². The average Bonchev–Trinajstić information content (AvgIpc) is 3.01. The Labute approximate surface area is 171 Å². The molecule has 1 aromatic heterocycles. The lowest BCUT2D eigenvalue weighted by Crippen LogP contribution is -2.43. The first-order valence-electron chi connectivity index (χ1n) is 10.1. The topological polar surface area (TPSA) is 91.6 Å². The molecular formula is C21H29N5O3. The van der Waals surface area contributed by atoms with Crippen LogP contribution in [0.2, 0.25) is 0 Å². The highest BCUT2D eigenvalue weighted by Gasteiger charge is 2.34. The molecule has 1 atom stereocenters. The van der Waals surface area contributed by atoms with Crippen LogP contribution in [0.15, 0.2) is 34.9 Å². The fourth-order valence-corrected chi connectivity index (χ4v) is 3.41. The van der Waals surface area contributed by atoms with Gasteiger partial charge in [-0.15, -0.1) is 0 Å². The zero-order valence-corrected chi connectivity index (χ0v) is 17.3. The van der Waals surface area contributed by atoms with Crippen molar-refractivity contribution in [2.75, 3.05) is 26.2 Å². The largest absolute Gasteiger partial charge is 0.338 e. The first kappa shape index (κ1) is 20.8. The standard InChI is InChI=1S/C21H29N5O3/c1-15(2)9-11-22-21(28)25-12-10-18(19-23-16(3)24-29-19)26(14-13-25)20(27)17-7-5-4-6-8-17/h4-8,15,18H,9-14H2,1-3H3,(H,22,28). The van der Waals surface area contributed by atoms with Crippen LogP contribution in [0.3, 0.4) is 0 Å². The SMILES string of the molecule is Cc1noc(C2CCN(C(=O)NCCC(C)C)CCN2C(=O)c2ccccc2)n1. The summed E-state index contributed by atoms with van der Waals surface area (Å²) in [5.74, 6) is 1.37. The number of aryl methyl sites for hydroxylation is 1. The minimum atomic E-state index is -0.364. The number of urea groups is 1. The van der Waals surface area contributed by atoms with Crippen LogP contribution >= 0.6 is 0 Å². The number of benzene rings is 1. The van der Waals surface area contributed by atoms with E-state index in [2.05, 4.69) is 29.3 Å².